The van der Waals surface area contributed by atoms with E-state index in [2.05, 4.69) is 36.5 Å². The number of fused-ring (bicyclic) bond motifs is 1. The summed E-state index contributed by atoms with van der Waals surface area (Å²) in [4.78, 5) is 114. The van der Waals surface area contributed by atoms with Gasteiger partial charge in [0.15, 0.2) is 5.75 Å². The van der Waals surface area contributed by atoms with Crippen LogP contribution in [-0.4, -0.2) is 123 Å². The summed E-state index contributed by atoms with van der Waals surface area (Å²) in [6.07, 6.45) is 5.24. The fourth-order valence-corrected chi connectivity index (χ4v) is 9.21. The standard InChI is InChI=1S/C53H75N9O11/c1-12-13-17-36-46(64)58-40(26-34-27-61(53(9,10)45-28-73-45)41-18-15-14-16-35(34)41)50(68)56-37(21-29(2)3)49(67)57-39(24-33-19-20-44(63)42(25-33)62(71)72)47(65)54-32(8)52(70)60(11)43(23-31(6)7)51(69)59-38(22-30(4)5)48(66)55-36/h12-16,18-20,25,27,29-32,36-40,43,45,63H,17,21-24,26,28H2,1-11H3,(H,54,65)(H,55,66)(H,56,68)(H,57,67)(H,58,64)(H,59,69)/b13-12+/t32-,36-,37-,38-,39-,40-,43-,45+/m0/s1. The number of carbonyl (C=O) groups excluding carboxylic acids is 7. The van der Waals surface area contributed by atoms with Gasteiger partial charge in [-0.05, 0) is 94.4 Å². The number of benzene rings is 2. The van der Waals surface area contributed by atoms with Crippen molar-refractivity contribution in [3.05, 3.63) is 82.1 Å². The average molecular weight is 1010 g/mol. The number of ether oxygens (including phenoxy) is 1. The number of epoxide rings is 1. The molecule has 2 aliphatic rings. The Morgan fingerprint density at radius 1 is 0.740 bits per heavy atom. The molecule has 0 bridgehead atoms. The van der Waals surface area contributed by atoms with Crippen LogP contribution in [0.2, 0.25) is 0 Å². The van der Waals surface area contributed by atoms with Crippen molar-refractivity contribution in [3.8, 4) is 5.75 Å². The number of aromatic hydroxyl groups is 1. The lowest BCUT2D eigenvalue weighted by atomic mass is 9.98. The minimum atomic E-state index is -1.51. The highest BCUT2D eigenvalue weighted by Gasteiger charge is 2.42. The zero-order valence-corrected chi connectivity index (χ0v) is 43.9. The first kappa shape index (κ1) is 57.1. The molecule has 7 amide bonds. The summed E-state index contributed by atoms with van der Waals surface area (Å²) in [7, 11) is 1.41. The number of carbonyl (C=O) groups is 7. The molecule has 3 aromatic rings. The maximum Gasteiger partial charge on any atom is 0.310 e. The molecule has 0 saturated carbocycles. The first-order valence-electron chi connectivity index (χ1n) is 25.2. The minimum Gasteiger partial charge on any atom is -0.502 e. The SMILES string of the molecule is C/C=C/C[C@@H]1NC(=O)[C@H](CC(C)C)NC(=O)[C@H](CC(C)C)N(C)C(=O)[C@H](C)NC(=O)[C@H](Cc2ccc(O)c([N+](=O)[O-])c2)NC(=O)[C@H](CC(C)C)NC(=O)[C@H](Cc2cn(C(C)(C)[C@H]3CO3)c3ccccc23)NC1=O. The molecule has 2 saturated heterocycles. The third-order valence-corrected chi connectivity index (χ3v) is 13.4. The van der Waals surface area contributed by atoms with E-state index in [4.69, 9.17) is 4.74 Å². The third-order valence-electron chi connectivity index (χ3n) is 13.4. The highest BCUT2D eigenvalue weighted by Crippen LogP contribution is 2.36. The lowest BCUT2D eigenvalue weighted by Crippen LogP contribution is -2.60. The second-order valence-electron chi connectivity index (χ2n) is 21.2. The highest BCUT2D eigenvalue weighted by atomic mass is 16.6. The normalized spacial score (nSPS) is 24.5. The van der Waals surface area contributed by atoms with Crippen LogP contribution in [-0.2, 0) is 56.7 Å². The summed E-state index contributed by atoms with van der Waals surface area (Å²) in [6.45, 7) is 19.0. The minimum absolute atomic E-state index is 0.00965. The van der Waals surface area contributed by atoms with E-state index in [0.29, 0.717) is 12.2 Å². The number of phenolic OH excluding ortho intramolecular Hbond substituents is 1. The van der Waals surface area contributed by atoms with Crippen LogP contribution in [0.1, 0.15) is 106 Å². The van der Waals surface area contributed by atoms with E-state index in [0.717, 1.165) is 23.0 Å². The molecular weight excluding hydrogens is 939 g/mol. The monoisotopic (exact) mass is 1010 g/mol. The highest BCUT2D eigenvalue weighted by molar-refractivity contribution is 5.99. The molecule has 1 aromatic heterocycles. The van der Waals surface area contributed by atoms with Crippen LogP contribution in [0.5, 0.6) is 5.75 Å². The molecule has 5 rings (SSSR count). The quantitative estimate of drug-likeness (QED) is 0.0494. The second kappa shape index (κ2) is 24.7. The maximum absolute atomic E-state index is 15.0. The van der Waals surface area contributed by atoms with E-state index >= 15 is 0 Å². The van der Waals surface area contributed by atoms with Crippen LogP contribution in [0.15, 0.2) is 60.8 Å². The molecule has 398 valence electrons. The van der Waals surface area contributed by atoms with Gasteiger partial charge in [0.1, 0.15) is 48.4 Å². The Labute approximate surface area is 427 Å². The van der Waals surface area contributed by atoms with Crippen LogP contribution < -0.4 is 31.9 Å². The van der Waals surface area contributed by atoms with Gasteiger partial charge < -0.3 is 51.2 Å². The van der Waals surface area contributed by atoms with Crippen molar-refractivity contribution < 1.29 is 48.3 Å². The van der Waals surface area contributed by atoms with E-state index in [-0.39, 0.29) is 67.9 Å². The van der Waals surface area contributed by atoms with Gasteiger partial charge in [-0.25, -0.2) is 0 Å². The number of nitrogens with zero attached hydrogens (tertiary/aromatic N) is 3. The molecule has 2 aromatic carbocycles. The summed E-state index contributed by atoms with van der Waals surface area (Å²) in [5, 5.41) is 39.7. The molecule has 8 atom stereocenters. The largest absolute Gasteiger partial charge is 0.502 e. The molecule has 2 aliphatic heterocycles. The van der Waals surface area contributed by atoms with Crippen molar-refractivity contribution in [1.82, 2.24) is 41.4 Å². The fourth-order valence-electron chi connectivity index (χ4n) is 9.21. The van der Waals surface area contributed by atoms with E-state index in [1.54, 1.807) is 19.1 Å². The van der Waals surface area contributed by atoms with Gasteiger partial charge in [-0.1, -0.05) is 78.0 Å². The Bertz CT molecular complexity index is 2550. The Hall–Kier alpha value is -6.83. The van der Waals surface area contributed by atoms with Gasteiger partial charge in [0, 0.05) is 43.1 Å². The number of nitro groups is 1. The zero-order chi connectivity index (χ0) is 54.1. The number of phenols is 1. The summed E-state index contributed by atoms with van der Waals surface area (Å²) >= 11 is 0. The molecule has 0 aliphatic carbocycles. The van der Waals surface area contributed by atoms with Gasteiger partial charge in [-0.3, -0.25) is 43.7 Å². The van der Waals surface area contributed by atoms with E-state index in [1.807, 2.05) is 85.9 Å². The number of nitrogens with one attached hydrogen (secondary N) is 6. The fraction of sp³-hybridized carbons (Fsp3) is 0.566. The van der Waals surface area contributed by atoms with Gasteiger partial charge in [-0.2, -0.15) is 0 Å². The number of hydrogen-bond donors (Lipinski definition) is 7. The number of nitro benzene ring substituents is 1. The van der Waals surface area contributed by atoms with Crippen molar-refractivity contribution >= 4 is 57.9 Å². The lowest BCUT2D eigenvalue weighted by molar-refractivity contribution is -0.385. The Morgan fingerprint density at radius 2 is 1.25 bits per heavy atom. The van der Waals surface area contributed by atoms with E-state index < -0.39 is 106 Å². The summed E-state index contributed by atoms with van der Waals surface area (Å²) in [6, 6.07) is 2.17. The number of amides is 7. The van der Waals surface area contributed by atoms with Gasteiger partial charge in [0.2, 0.25) is 41.4 Å². The van der Waals surface area contributed by atoms with Gasteiger partial charge in [-0.15, -0.1) is 0 Å². The molecule has 0 spiro atoms. The van der Waals surface area contributed by atoms with E-state index in [1.165, 1.54) is 24.9 Å². The zero-order valence-electron chi connectivity index (χ0n) is 43.9. The number of aromatic nitrogens is 1. The number of hydrogen-bond acceptors (Lipinski definition) is 11. The molecule has 0 radical (unpaired) electrons. The maximum atomic E-state index is 15.0. The van der Waals surface area contributed by atoms with Gasteiger partial charge >= 0.3 is 5.69 Å². The molecule has 20 heteroatoms. The average Bonchev–Trinajstić information content (AvgIpc) is 4.12. The first-order chi connectivity index (χ1) is 34.3. The van der Waals surface area contributed by atoms with Crippen molar-refractivity contribution in [2.45, 2.75) is 162 Å². The lowest BCUT2D eigenvalue weighted by Gasteiger charge is -2.33. The number of likely N-dealkylation sites (N-methyl/N-ethyl adjacent to an activating group) is 1. The van der Waals surface area contributed by atoms with Crippen LogP contribution in [0.3, 0.4) is 0 Å². The van der Waals surface area contributed by atoms with Crippen molar-refractivity contribution in [1.29, 1.82) is 0 Å². The number of rotatable bonds is 15. The second-order valence-corrected chi connectivity index (χ2v) is 21.2. The molecule has 2 fully saturated rings. The van der Waals surface area contributed by atoms with Crippen molar-refractivity contribution in [3.63, 3.8) is 0 Å². The topological polar surface area (TPSA) is 276 Å². The molecule has 0 unspecified atom stereocenters. The molecule has 73 heavy (non-hydrogen) atoms. The Morgan fingerprint density at radius 3 is 1.81 bits per heavy atom. The summed E-state index contributed by atoms with van der Waals surface area (Å²) in [5.41, 5.74) is 0.596. The van der Waals surface area contributed by atoms with E-state index in [9.17, 15) is 48.8 Å². The van der Waals surface area contributed by atoms with Crippen molar-refractivity contribution in [2.75, 3.05) is 13.7 Å². The van der Waals surface area contributed by atoms with Crippen LogP contribution in [0.4, 0.5) is 5.69 Å². The van der Waals surface area contributed by atoms with Crippen LogP contribution in [0.25, 0.3) is 10.9 Å². The smallest absolute Gasteiger partial charge is 0.310 e. The van der Waals surface area contributed by atoms with Crippen LogP contribution in [0, 0.1) is 27.9 Å². The first-order valence-corrected chi connectivity index (χ1v) is 25.2. The Kier molecular flexibility index (Phi) is 19.3. The molecule has 20 nitrogen and oxygen atoms in total. The summed E-state index contributed by atoms with van der Waals surface area (Å²) in [5.74, 6) is -6.21. The summed E-state index contributed by atoms with van der Waals surface area (Å²) < 4.78 is 7.82. The van der Waals surface area contributed by atoms with Gasteiger partial charge in [0.25, 0.3) is 0 Å². The molecule has 7 N–H and O–H groups in total. The Balaban J connectivity index is 1.66. The number of allylic oxidation sites excluding steroid dienone is 1. The van der Waals surface area contributed by atoms with Crippen molar-refractivity contribution in [2.24, 2.45) is 17.8 Å². The van der Waals surface area contributed by atoms with Crippen LogP contribution >= 0.6 is 0 Å². The molecule has 3 heterocycles. The number of para-hydroxylation sites is 1. The molecular formula is C53H75N9O11. The third kappa shape index (κ3) is 14.9. The predicted octanol–water partition coefficient (Wildman–Crippen LogP) is 4.05. The predicted molar refractivity (Wildman–Crippen MR) is 275 cm³/mol. The van der Waals surface area contributed by atoms with Gasteiger partial charge in [0.05, 0.1) is 17.1 Å².